The van der Waals surface area contributed by atoms with Crippen molar-refractivity contribution in [2.75, 3.05) is 6.61 Å². The molecule has 1 aliphatic carbocycles. The molecular formula is C34H39FN2O4S. The van der Waals surface area contributed by atoms with Crippen molar-refractivity contribution in [3.8, 4) is 5.75 Å². The van der Waals surface area contributed by atoms with Gasteiger partial charge in [-0.3, -0.25) is 4.79 Å². The summed E-state index contributed by atoms with van der Waals surface area (Å²) in [6, 6.07) is 13.9. The van der Waals surface area contributed by atoms with Gasteiger partial charge in [0.2, 0.25) is 5.91 Å². The molecule has 0 radical (unpaired) electrons. The van der Waals surface area contributed by atoms with Crippen molar-refractivity contribution < 1.29 is 23.5 Å². The largest absolute Gasteiger partial charge is 0.489 e. The Morgan fingerprint density at radius 3 is 2.57 bits per heavy atom. The molecule has 0 bridgehead atoms. The average molecular weight is 591 g/mol. The average Bonchev–Trinajstić information content (AvgIpc) is 3.45. The van der Waals surface area contributed by atoms with Crippen molar-refractivity contribution in [2.45, 2.75) is 71.9 Å². The highest BCUT2D eigenvalue weighted by Crippen LogP contribution is 2.28. The predicted molar refractivity (Wildman–Crippen MR) is 164 cm³/mol. The van der Waals surface area contributed by atoms with E-state index in [0.29, 0.717) is 24.4 Å². The number of carbonyl (C=O) groups is 2. The van der Waals surface area contributed by atoms with Gasteiger partial charge in [0, 0.05) is 16.9 Å². The molecule has 1 fully saturated rings. The number of nitrogens with zero attached hydrogens (tertiary/aromatic N) is 1. The zero-order valence-corrected chi connectivity index (χ0v) is 25.3. The van der Waals surface area contributed by atoms with Crippen LogP contribution in [0.5, 0.6) is 5.75 Å². The van der Waals surface area contributed by atoms with E-state index in [2.05, 4.69) is 5.32 Å². The van der Waals surface area contributed by atoms with E-state index in [9.17, 15) is 14.0 Å². The van der Waals surface area contributed by atoms with Crippen molar-refractivity contribution in [3.05, 3.63) is 98.8 Å². The lowest BCUT2D eigenvalue weighted by Crippen LogP contribution is -2.35. The van der Waals surface area contributed by atoms with Crippen molar-refractivity contribution in [1.29, 1.82) is 0 Å². The molecule has 8 heteroatoms. The lowest BCUT2D eigenvalue weighted by molar-refractivity contribution is -0.138. The van der Waals surface area contributed by atoms with Gasteiger partial charge in [-0.05, 0) is 93.2 Å². The number of aromatic nitrogens is 1. The van der Waals surface area contributed by atoms with E-state index in [1.807, 2.05) is 48.7 Å². The number of benzene rings is 2. The third kappa shape index (κ3) is 9.38. The maximum Gasteiger partial charge on any atom is 0.333 e. The number of thiazole rings is 1. The second-order valence-electron chi connectivity index (χ2n) is 10.7. The zero-order chi connectivity index (χ0) is 29.9. The first-order valence-corrected chi connectivity index (χ1v) is 15.4. The van der Waals surface area contributed by atoms with Crippen molar-refractivity contribution in [2.24, 2.45) is 5.92 Å². The van der Waals surface area contributed by atoms with Gasteiger partial charge >= 0.3 is 5.97 Å². The molecule has 6 nitrogen and oxygen atoms in total. The van der Waals surface area contributed by atoms with E-state index < -0.39 is 0 Å². The standard InChI is InChI=1S/C34H39FN2O4S/c1-4-40-34(39)24(3)17-23(2)18-29-22-42-33(36-29)31(37-32(38)27-10-6-5-7-11-27)20-25-13-15-30(16-14-25)41-21-26-9-8-12-28(35)19-26/h8-9,12-19,22,27,31H,4-7,10-11,20-21H2,1-3H3,(H,37,38)/b23-18+,24-17-/t31-/m0/s1. The number of hydrogen-bond donors (Lipinski definition) is 1. The van der Waals surface area contributed by atoms with Crippen LogP contribution in [0, 0.1) is 11.7 Å². The minimum Gasteiger partial charge on any atom is -0.489 e. The molecule has 222 valence electrons. The van der Waals surface area contributed by atoms with E-state index in [-0.39, 0.29) is 36.3 Å². The highest BCUT2D eigenvalue weighted by molar-refractivity contribution is 7.09. The van der Waals surface area contributed by atoms with Gasteiger partial charge in [0.15, 0.2) is 0 Å². The fourth-order valence-corrected chi connectivity index (χ4v) is 5.88. The number of allylic oxidation sites excluding steroid dienone is 2. The summed E-state index contributed by atoms with van der Waals surface area (Å²) in [7, 11) is 0. The minimum absolute atomic E-state index is 0.0393. The molecule has 3 aromatic rings. The molecule has 1 amide bonds. The normalized spacial score (nSPS) is 15.2. The quantitative estimate of drug-likeness (QED) is 0.133. The highest BCUT2D eigenvalue weighted by Gasteiger charge is 2.25. The van der Waals surface area contributed by atoms with Gasteiger partial charge in [0.1, 0.15) is 23.2 Å². The third-order valence-corrected chi connectivity index (χ3v) is 8.18. The first kappa shape index (κ1) is 31.2. The van der Waals surface area contributed by atoms with Crippen molar-refractivity contribution >= 4 is 29.3 Å². The van der Waals surface area contributed by atoms with Gasteiger partial charge in [-0.25, -0.2) is 14.2 Å². The Labute approximate surface area is 251 Å². The van der Waals surface area contributed by atoms with Crippen LogP contribution >= 0.6 is 11.3 Å². The molecule has 1 atom stereocenters. The summed E-state index contributed by atoms with van der Waals surface area (Å²) < 4.78 is 24.4. The van der Waals surface area contributed by atoms with Crippen LogP contribution in [0.25, 0.3) is 6.08 Å². The Hall–Kier alpha value is -3.78. The van der Waals surface area contributed by atoms with E-state index in [0.717, 1.165) is 53.1 Å². The zero-order valence-electron chi connectivity index (χ0n) is 24.5. The van der Waals surface area contributed by atoms with Gasteiger partial charge < -0.3 is 14.8 Å². The Balaban J connectivity index is 1.47. The number of amides is 1. The molecule has 0 spiro atoms. The molecular weight excluding hydrogens is 551 g/mol. The van der Waals surface area contributed by atoms with Gasteiger partial charge in [-0.15, -0.1) is 11.3 Å². The van der Waals surface area contributed by atoms with E-state index in [4.69, 9.17) is 14.5 Å². The maximum absolute atomic E-state index is 13.5. The summed E-state index contributed by atoms with van der Waals surface area (Å²) in [5.41, 5.74) is 3.99. The SMILES string of the molecule is CCOC(=O)/C(C)=C\C(C)=C\c1csc([C@H](Cc2ccc(OCc3cccc(F)c3)cc2)NC(=O)C2CCCCC2)n1. The molecule has 1 aliphatic rings. The topological polar surface area (TPSA) is 77.5 Å². The predicted octanol–water partition coefficient (Wildman–Crippen LogP) is 7.75. The molecule has 0 unspecified atom stereocenters. The smallest absolute Gasteiger partial charge is 0.333 e. The number of ether oxygens (including phenoxy) is 2. The number of hydrogen-bond acceptors (Lipinski definition) is 6. The lowest BCUT2D eigenvalue weighted by Gasteiger charge is -2.24. The Kier molecular flexibility index (Phi) is 11.5. The molecule has 1 aromatic heterocycles. The summed E-state index contributed by atoms with van der Waals surface area (Å²) in [6.07, 6.45) is 9.51. The van der Waals surface area contributed by atoms with Gasteiger partial charge in [-0.1, -0.05) is 43.5 Å². The molecule has 4 rings (SSSR count). The maximum atomic E-state index is 13.5. The van der Waals surface area contributed by atoms with Crippen LogP contribution in [0.15, 0.2) is 71.1 Å². The first-order valence-electron chi connectivity index (χ1n) is 14.6. The number of nitrogens with one attached hydrogen (secondary N) is 1. The van der Waals surface area contributed by atoms with E-state index in [1.165, 1.54) is 29.9 Å². The van der Waals surface area contributed by atoms with Gasteiger partial charge in [0.05, 0.1) is 18.3 Å². The molecule has 0 saturated heterocycles. The molecule has 1 N–H and O–H groups in total. The van der Waals surface area contributed by atoms with Crippen LogP contribution in [-0.4, -0.2) is 23.5 Å². The van der Waals surface area contributed by atoms with Gasteiger partial charge in [-0.2, -0.15) is 0 Å². The van der Waals surface area contributed by atoms with Crippen LogP contribution < -0.4 is 10.1 Å². The second kappa shape index (κ2) is 15.4. The Morgan fingerprint density at radius 2 is 1.86 bits per heavy atom. The summed E-state index contributed by atoms with van der Waals surface area (Å²) in [5, 5.41) is 6.09. The highest BCUT2D eigenvalue weighted by atomic mass is 32.1. The lowest BCUT2D eigenvalue weighted by atomic mass is 9.88. The van der Waals surface area contributed by atoms with Crippen LogP contribution in [0.1, 0.15) is 80.7 Å². The first-order chi connectivity index (χ1) is 20.3. The third-order valence-electron chi connectivity index (χ3n) is 7.21. The number of carbonyl (C=O) groups excluding carboxylic acids is 2. The Bertz CT molecular complexity index is 1410. The molecule has 0 aliphatic heterocycles. The van der Waals surface area contributed by atoms with Crippen molar-refractivity contribution in [3.63, 3.8) is 0 Å². The number of halogens is 1. The summed E-state index contributed by atoms with van der Waals surface area (Å²) in [6.45, 7) is 6.05. The van der Waals surface area contributed by atoms with Crippen LogP contribution in [0.4, 0.5) is 4.39 Å². The van der Waals surface area contributed by atoms with Crippen LogP contribution in [0.2, 0.25) is 0 Å². The summed E-state index contributed by atoms with van der Waals surface area (Å²) >= 11 is 1.51. The molecule has 2 aromatic carbocycles. The molecule has 1 heterocycles. The van der Waals surface area contributed by atoms with Crippen LogP contribution in [0.3, 0.4) is 0 Å². The molecule has 42 heavy (non-hydrogen) atoms. The van der Waals surface area contributed by atoms with E-state index in [1.54, 1.807) is 26.0 Å². The Morgan fingerprint density at radius 1 is 1.10 bits per heavy atom. The number of esters is 1. The number of rotatable bonds is 12. The monoisotopic (exact) mass is 590 g/mol. The minimum atomic E-state index is -0.333. The van der Waals surface area contributed by atoms with Crippen molar-refractivity contribution in [1.82, 2.24) is 10.3 Å². The van der Waals surface area contributed by atoms with Crippen LogP contribution in [-0.2, 0) is 27.4 Å². The second-order valence-corrected chi connectivity index (χ2v) is 11.6. The summed E-state index contributed by atoms with van der Waals surface area (Å²) in [4.78, 5) is 30.1. The van der Waals surface area contributed by atoms with Gasteiger partial charge in [0.25, 0.3) is 0 Å². The summed E-state index contributed by atoms with van der Waals surface area (Å²) in [5.74, 6) is 0.199. The molecule has 1 saturated carbocycles. The van der Waals surface area contributed by atoms with E-state index >= 15 is 0 Å². The fourth-order valence-electron chi connectivity index (χ4n) is 5.05. The fraction of sp³-hybridized carbons (Fsp3) is 0.382.